The van der Waals surface area contributed by atoms with E-state index in [2.05, 4.69) is 97.1 Å². The molecule has 10 rings (SSSR count). The Balaban J connectivity index is 1.26. The summed E-state index contributed by atoms with van der Waals surface area (Å²) < 4.78 is 76.3. The van der Waals surface area contributed by atoms with Gasteiger partial charge in [0.15, 0.2) is 0 Å². The molecule has 0 aliphatic rings. The third-order valence-electron chi connectivity index (χ3n) is 10.3. The van der Waals surface area contributed by atoms with Crippen LogP contribution in [0.15, 0.2) is 169 Å². The van der Waals surface area contributed by atoms with Gasteiger partial charge in [-0.1, -0.05) is 0 Å². The van der Waals surface area contributed by atoms with Gasteiger partial charge in [0.25, 0.3) is 0 Å². The van der Waals surface area contributed by atoms with Crippen LogP contribution < -0.4 is 0 Å². The Morgan fingerprint density at radius 3 is 1.28 bits per heavy atom. The molecule has 0 saturated heterocycles. The summed E-state index contributed by atoms with van der Waals surface area (Å²) in [5, 5.41) is 6.07. The fourth-order valence-electron chi connectivity index (χ4n) is 8.30. The number of hydrogen-bond acceptors (Lipinski definition) is 0. The molecule has 9 aromatic carbocycles. The monoisotopic (exact) mass is 786 g/mol. The second-order valence-corrected chi connectivity index (χ2v) is 18.0. The van der Waals surface area contributed by atoms with Gasteiger partial charge in [0.1, 0.15) is 0 Å². The number of hydrogen-bond donors (Lipinski definition) is 0. The van der Waals surface area contributed by atoms with Gasteiger partial charge >= 0.3 is 309 Å². The van der Waals surface area contributed by atoms with Gasteiger partial charge in [-0.2, -0.15) is 0 Å². The van der Waals surface area contributed by atoms with E-state index in [0.29, 0.717) is 5.56 Å². The molecule has 258 valence electrons. The van der Waals surface area contributed by atoms with Gasteiger partial charge in [-0.25, -0.2) is 0 Å². The van der Waals surface area contributed by atoms with Gasteiger partial charge in [0.2, 0.25) is 0 Å². The van der Waals surface area contributed by atoms with E-state index in [1.807, 2.05) is 18.2 Å². The summed E-state index contributed by atoms with van der Waals surface area (Å²) in [4.78, 5) is -1.82. The van der Waals surface area contributed by atoms with Crippen LogP contribution in [0.25, 0.3) is 95.8 Å². The van der Waals surface area contributed by atoms with E-state index >= 15 is 0 Å². The first-order chi connectivity index (χ1) is 25.5. The van der Waals surface area contributed by atoms with Crippen molar-refractivity contribution in [2.45, 2.75) is 4.90 Å². The van der Waals surface area contributed by atoms with Crippen LogP contribution in [0.2, 0.25) is 0 Å². The first-order valence-corrected chi connectivity index (χ1v) is 20.8. The average molecular weight is 786 g/mol. The summed E-state index contributed by atoms with van der Waals surface area (Å²) in [5.41, 5.74) is 5.89. The summed E-state index contributed by atoms with van der Waals surface area (Å²) in [5.74, 6) is 0. The molecule has 1 heterocycles. The van der Waals surface area contributed by atoms with Gasteiger partial charge in [0.05, 0.1) is 0 Å². The Morgan fingerprint density at radius 1 is 0.340 bits per heavy atom. The third-order valence-corrected chi connectivity index (χ3v) is 14.1. The zero-order valence-corrected chi connectivity index (χ0v) is 30.3. The van der Waals surface area contributed by atoms with Gasteiger partial charge in [-0.15, -0.1) is 0 Å². The first-order valence-electron chi connectivity index (χ1n) is 17.1. The van der Waals surface area contributed by atoms with Crippen LogP contribution in [0, 0.1) is 0 Å². The Labute approximate surface area is 307 Å². The molecule has 53 heavy (non-hydrogen) atoms. The molecule has 1 aromatic heterocycles. The normalized spacial score (nSPS) is 13.7. The number of benzene rings is 9. The van der Waals surface area contributed by atoms with E-state index in [4.69, 9.17) is 0 Å². The van der Waals surface area contributed by atoms with Crippen LogP contribution in [0.3, 0.4) is 0 Å². The molecular formula is C46H27F5SSe. The molecule has 0 spiro atoms. The number of rotatable bonds is 4. The van der Waals surface area contributed by atoms with Crippen molar-refractivity contribution >= 4 is 87.1 Å². The SMILES string of the molecule is FS(F)(F)(F)(F)c1c2ccccc2c(-c2cccc3c2[se]c2cc(-c4c5ccccc5c(-c5ccccc5)c5ccccc45)ccc23)c2ccccc12. The van der Waals surface area contributed by atoms with Crippen molar-refractivity contribution in [3.05, 3.63) is 164 Å². The molecular weight excluding hydrogens is 759 g/mol. The molecule has 0 aliphatic carbocycles. The topological polar surface area (TPSA) is 0 Å². The minimum absolute atomic E-state index is 0.159. The summed E-state index contributed by atoms with van der Waals surface area (Å²) in [6.45, 7) is 0. The van der Waals surface area contributed by atoms with Gasteiger partial charge in [0, 0.05) is 0 Å². The molecule has 10 aromatic rings. The maximum absolute atomic E-state index is 14.8. The van der Waals surface area contributed by atoms with Crippen LogP contribution in [0.5, 0.6) is 0 Å². The van der Waals surface area contributed by atoms with Crippen molar-refractivity contribution in [3.63, 3.8) is 0 Å². The fourth-order valence-corrected chi connectivity index (χ4v) is 12.1. The fraction of sp³-hybridized carbons (Fsp3) is 0. The van der Waals surface area contributed by atoms with E-state index < -0.39 is 25.9 Å². The predicted molar refractivity (Wildman–Crippen MR) is 216 cm³/mol. The van der Waals surface area contributed by atoms with Crippen molar-refractivity contribution in [1.82, 2.24) is 0 Å². The molecule has 0 aliphatic heterocycles. The van der Waals surface area contributed by atoms with Crippen molar-refractivity contribution in [2.24, 2.45) is 0 Å². The zero-order valence-electron chi connectivity index (χ0n) is 27.8. The first kappa shape index (κ1) is 32.2. The molecule has 0 bridgehead atoms. The quantitative estimate of drug-likeness (QED) is 0.0947. The number of halogens is 5. The van der Waals surface area contributed by atoms with E-state index in [9.17, 15) is 19.4 Å². The van der Waals surface area contributed by atoms with Gasteiger partial charge < -0.3 is 0 Å². The summed E-state index contributed by atoms with van der Waals surface area (Å²) in [6.07, 6.45) is 0. The standard InChI is InChI=1S/C46H27F5SSe/c47-52(48,49,50,51)45-37-21-10-8-19-35(37)44(36-20-9-11-22-38(36)45)40-24-12-23-39-30-26-25-29(27-41(30)53-46(39)40)43-33-17-6-4-15-31(33)42(28-13-2-1-3-14-28)32-16-5-7-18-34(32)43/h1-27H. The van der Waals surface area contributed by atoms with E-state index in [1.54, 1.807) is 12.1 Å². The molecule has 0 amide bonds. The Bertz CT molecular complexity index is 3040. The van der Waals surface area contributed by atoms with Crippen molar-refractivity contribution in [3.8, 4) is 33.4 Å². The molecule has 0 N–H and O–H groups in total. The molecule has 7 heteroatoms. The van der Waals surface area contributed by atoms with Crippen LogP contribution in [-0.2, 0) is 0 Å². The second kappa shape index (κ2) is 10.8. The zero-order chi connectivity index (χ0) is 36.2. The van der Waals surface area contributed by atoms with E-state index in [0.717, 1.165) is 63.1 Å². The molecule has 0 fully saturated rings. The van der Waals surface area contributed by atoms with Crippen LogP contribution >= 0.6 is 10.2 Å². The minimum atomic E-state index is -10.1. The Hall–Kier alpha value is -5.46. The van der Waals surface area contributed by atoms with Crippen LogP contribution in [0.4, 0.5) is 19.4 Å². The Morgan fingerprint density at radius 2 is 0.774 bits per heavy atom. The Kier molecular flexibility index (Phi) is 6.56. The maximum atomic E-state index is 14.8. The summed E-state index contributed by atoms with van der Waals surface area (Å²) >= 11 is -0.228. The van der Waals surface area contributed by atoms with E-state index in [-0.39, 0.29) is 25.3 Å². The summed E-state index contributed by atoms with van der Waals surface area (Å²) in [6, 6.07) is 51.4. The second-order valence-electron chi connectivity index (χ2n) is 13.5. The molecule has 0 saturated carbocycles. The van der Waals surface area contributed by atoms with Gasteiger partial charge in [-0.05, 0) is 0 Å². The molecule has 0 unspecified atom stereocenters. The van der Waals surface area contributed by atoms with Crippen molar-refractivity contribution in [2.75, 3.05) is 0 Å². The number of fused-ring (bicyclic) bond motifs is 7. The molecule has 0 atom stereocenters. The molecule has 0 nitrogen and oxygen atoms in total. The van der Waals surface area contributed by atoms with Crippen molar-refractivity contribution < 1.29 is 19.4 Å². The summed E-state index contributed by atoms with van der Waals surface area (Å²) in [7, 11) is -10.1. The van der Waals surface area contributed by atoms with Crippen LogP contribution in [-0.4, -0.2) is 14.5 Å². The van der Waals surface area contributed by atoms with Crippen LogP contribution in [0.1, 0.15) is 0 Å². The van der Waals surface area contributed by atoms with Crippen molar-refractivity contribution in [1.29, 1.82) is 0 Å². The third kappa shape index (κ3) is 5.03. The average Bonchev–Trinajstić information content (AvgIpc) is 3.53. The van der Waals surface area contributed by atoms with Gasteiger partial charge in [-0.3, -0.25) is 0 Å². The van der Waals surface area contributed by atoms with E-state index in [1.165, 1.54) is 42.0 Å². The predicted octanol–water partition coefficient (Wildman–Crippen LogP) is 15.3. The molecule has 0 radical (unpaired) electrons.